The minimum atomic E-state index is 0.0131. The summed E-state index contributed by atoms with van der Waals surface area (Å²) in [5, 5.41) is 8.90. The Kier molecular flexibility index (Phi) is 2.33. The predicted molar refractivity (Wildman–Crippen MR) is 53.2 cm³/mol. The van der Waals surface area contributed by atoms with Crippen LogP contribution in [-0.4, -0.2) is 4.98 Å². The number of hydrogen-bond acceptors (Lipinski definition) is 2. The molecule has 0 bridgehead atoms. The second-order valence-electron chi connectivity index (χ2n) is 3.84. The van der Waals surface area contributed by atoms with Crippen LogP contribution in [-0.2, 0) is 5.41 Å². The summed E-state index contributed by atoms with van der Waals surface area (Å²) in [4.78, 5) is 2.88. The number of aromatic amines is 1. The van der Waals surface area contributed by atoms with E-state index in [9.17, 15) is 0 Å². The molecule has 0 aromatic carbocycles. The molecule has 0 fully saturated rings. The Morgan fingerprint density at radius 3 is 2.69 bits per heavy atom. The molecular weight excluding hydrogens is 162 g/mol. The molecule has 0 aliphatic carbocycles. The highest BCUT2D eigenvalue weighted by Gasteiger charge is 2.24. The van der Waals surface area contributed by atoms with Crippen LogP contribution >= 0.6 is 0 Å². The van der Waals surface area contributed by atoms with Crippen LogP contribution in [0.5, 0.6) is 0 Å². The second kappa shape index (κ2) is 3.14. The molecule has 3 heteroatoms. The van der Waals surface area contributed by atoms with E-state index in [4.69, 9.17) is 11.0 Å². The standard InChI is InChI=1S/C10H15N3/c1-4-10(2,3)8-6-13-9(12)7(8)5-11/h6,13H,4,12H2,1-3H3. The number of hydrogen-bond donors (Lipinski definition) is 2. The van der Waals surface area contributed by atoms with Gasteiger partial charge in [0, 0.05) is 6.20 Å². The lowest BCUT2D eigenvalue weighted by Gasteiger charge is -2.21. The fraction of sp³-hybridized carbons (Fsp3) is 0.500. The molecule has 0 unspecified atom stereocenters. The summed E-state index contributed by atoms with van der Waals surface area (Å²) in [5.74, 6) is 0.471. The van der Waals surface area contributed by atoms with Crippen molar-refractivity contribution in [1.29, 1.82) is 5.26 Å². The average molecular weight is 177 g/mol. The zero-order chi connectivity index (χ0) is 10.1. The van der Waals surface area contributed by atoms with Gasteiger partial charge in [0.2, 0.25) is 0 Å². The highest BCUT2D eigenvalue weighted by molar-refractivity contribution is 5.56. The van der Waals surface area contributed by atoms with Gasteiger partial charge in [-0.05, 0) is 17.4 Å². The number of nitrogen functional groups attached to an aromatic ring is 1. The number of nitrogens with zero attached hydrogens (tertiary/aromatic N) is 1. The number of nitrogens with two attached hydrogens (primary N) is 1. The molecule has 1 heterocycles. The van der Waals surface area contributed by atoms with Gasteiger partial charge < -0.3 is 10.7 Å². The minimum Gasteiger partial charge on any atom is -0.384 e. The van der Waals surface area contributed by atoms with Crippen LogP contribution in [0.2, 0.25) is 0 Å². The van der Waals surface area contributed by atoms with Crippen molar-refractivity contribution < 1.29 is 0 Å². The van der Waals surface area contributed by atoms with E-state index in [-0.39, 0.29) is 5.41 Å². The lowest BCUT2D eigenvalue weighted by molar-refractivity contribution is 0.506. The Morgan fingerprint density at radius 1 is 1.62 bits per heavy atom. The lowest BCUT2D eigenvalue weighted by Crippen LogP contribution is -2.16. The molecule has 0 radical (unpaired) electrons. The topological polar surface area (TPSA) is 65.6 Å². The second-order valence-corrected chi connectivity index (χ2v) is 3.84. The van der Waals surface area contributed by atoms with Gasteiger partial charge in [-0.25, -0.2) is 0 Å². The molecule has 0 atom stereocenters. The van der Waals surface area contributed by atoms with Gasteiger partial charge in [-0.15, -0.1) is 0 Å². The highest BCUT2D eigenvalue weighted by Crippen LogP contribution is 2.31. The van der Waals surface area contributed by atoms with Gasteiger partial charge in [0.1, 0.15) is 11.9 Å². The summed E-state index contributed by atoms with van der Waals surface area (Å²) in [6, 6.07) is 2.13. The monoisotopic (exact) mass is 177 g/mol. The lowest BCUT2D eigenvalue weighted by atomic mass is 9.82. The van der Waals surface area contributed by atoms with Gasteiger partial charge in [-0.3, -0.25) is 0 Å². The third kappa shape index (κ3) is 1.52. The smallest absolute Gasteiger partial charge is 0.119 e. The van der Waals surface area contributed by atoms with Gasteiger partial charge >= 0.3 is 0 Å². The van der Waals surface area contributed by atoms with E-state index in [0.717, 1.165) is 12.0 Å². The van der Waals surface area contributed by atoms with Crippen LogP contribution in [0, 0.1) is 11.3 Å². The van der Waals surface area contributed by atoms with E-state index in [1.54, 1.807) is 0 Å². The molecule has 1 aromatic heterocycles. The van der Waals surface area contributed by atoms with Crippen molar-refractivity contribution >= 4 is 5.82 Å². The quantitative estimate of drug-likeness (QED) is 0.727. The summed E-state index contributed by atoms with van der Waals surface area (Å²) in [7, 11) is 0. The zero-order valence-corrected chi connectivity index (χ0v) is 8.31. The summed E-state index contributed by atoms with van der Waals surface area (Å²) in [6.07, 6.45) is 2.82. The number of H-pyrrole nitrogens is 1. The Balaban J connectivity index is 3.24. The number of aromatic nitrogens is 1. The molecular formula is C10H15N3. The Bertz CT molecular complexity index is 342. The molecule has 0 saturated carbocycles. The first kappa shape index (κ1) is 9.66. The van der Waals surface area contributed by atoms with Crippen molar-refractivity contribution in [2.45, 2.75) is 32.6 Å². The summed E-state index contributed by atoms with van der Waals surface area (Å²) in [6.45, 7) is 6.32. The summed E-state index contributed by atoms with van der Waals surface area (Å²) in [5.41, 5.74) is 7.24. The molecule has 0 aliphatic rings. The maximum atomic E-state index is 8.90. The average Bonchev–Trinajstić information content (AvgIpc) is 2.47. The van der Waals surface area contributed by atoms with Crippen LogP contribution < -0.4 is 5.73 Å². The van der Waals surface area contributed by atoms with Crippen molar-refractivity contribution in [2.75, 3.05) is 5.73 Å². The fourth-order valence-electron chi connectivity index (χ4n) is 1.28. The van der Waals surface area contributed by atoms with Crippen molar-refractivity contribution in [3.8, 4) is 6.07 Å². The van der Waals surface area contributed by atoms with Gasteiger partial charge in [0.15, 0.2) is 0 Å². The molecule has 1 rings (SSSR count). The Hall–Kier alpha value is -1.43. The molecule has 0 aliphatic heterocycles. The van der Waals surface area contributed by atoms with Gasteiger partial charge in [-0.1, -0.05) is 20.8 Å². The molecule has 0 saturated heterocycles. The van der Waals surface area contributed by atoms with Crippen LogP contribution in [0.3, 0.4) is 0 Å². The Labute approximate surface area is 78.6 Å². The first-order valence-corrected chi connectivity index (χ1v) is 4.40. The molecule has 13 heavy (non-hydrogen) atoms. The minimum absolute atomic E-state index is 0.0131. The maximum Gasteiger partial charge on any atom is 0.119 e. The molecule has 0 spiro atoms. The predicted octanol–water partition coefficient (Wildman–Crippen LogP) is 2.16. The van der Waals surface area contributed by atoms with Crippen molar-refractivity contribution in [3.05, 3.63) is 17.3 Å². The van der Waals surface area contributed by atoms with E-state index in [1.807, 2.05) is 6.20 Å². The van der Waals surface area contributed by atoms with E-state index in [1.165, 1.54) is 0 Å². The normalized spacial score (nSPS) is 11.2. The molecule has 0 amide bonds. The number of nitrogens with one attached hydrogen (secondary N) is 1. The largest absolute Gasteiger partial charge is 0.384 e. The van der Waals surface area contributed by atoms with Crippen LogP contribution in [0.4, 0.5) is 5.82 Å². The zero-order valence-electron chi connectivity index (χ0n) is 8.31. The number of rotatable bonds is 2. The van der Waals surface area contributed by atoms with Crippen molar-refractivity contribution in [1.82, 2.24) is 4.98 Å². The van der Waals surface area contributed by atoms with Crippen LogP contribution in [0.25, 0.3) is 0 Å². The van der Waals surface area contributed by atoms with Gasteiger partial charge in [0.25, 0.3) is 0 Å². The Morgan fingerprint density at radius 2 is 2.23 bits per heavy atom. The molecule has 70 valence electrons. The van der Waals surface area contributed by atoms with E-state index in [2.05, 4.69) is 31.8 Å². The highest BCUT2D eigenvalue weighted by atomic mass is 14.8. The van der Waals surface area contributed by atoms with Gasteiger partial charge in [-0.2, -0.15) is 5.26 Å². The first-order chi connectivity index (χ1) is 6.03. The van der Waals surface area contributed by atoms with E-state index < -0.39 is 0 Å². The third-order valence-electron chi connectivity index (χ3n) is 2.64. The fourth-order valence-corrected chi connectivity index (χ4v) is 1.28. The van der Waals surface area contributed by atoms with E-state index >= 15 is 0 Å². The van der Waals surface area contributed by atoms with Gasteiger partial charge in [0.05, 0.1) is 5.56 Å². The molecule has 3 nitrogen and oxygen atoms in total. The maximum absolute atomic E-state index is 8.90. The van der Waals surface area contributed by atoms with Crippen LogP contribution in [0.15, 0.2) is 6.20 Å². The summed E-state index contributed by atoms with van der Waals surface area (Å²) < 4.78 is 0. The van der Waals surface area contributed by atoms with Crippen molar-refractivity contribution in [3.63, 3.8) is 0 Å². The number of nitriles is 1. The summed E-state index contributed by atoms with van der Waals surface area (Å²) >= 11 is 0. The SMILES string of the molecule is CCC(C)(C)c1c[nH]c(N)c1C#N. The molecule has 3 N–H and O–H groups in total. The third-order valence-corrected chi connectivity index (χ3v) is 2.64. The molecule has 1 aromatic rings. The first-order valence-electron chi connectivity index (χ1n) is 4.40. The number of anilines is 1. The van der Waals surface area contributed by atoms with Crippen LogP contribution in [0.1, 0.15) is 38.3 Å². The van der Waals surface area contributed by atoms with Crippen molar-refractivity contribution in [2.24, 2.45) is 0 Å². The van der Waals surface area contributed by atoms with E-state index in [0.29, 0.717) is 11.4 Å².